The third-order valence-electron chi connectivity index (χ3n) is 0.995. The molecule has 0 rings (SSSR count). The maximum Gasteiger partial charge on any atom is 0.120 e. The highest BCUT2D eigenvalue weighted by Gasteiger charge is 1.90. The van der Waals surface area contributed by atoms with E-state index in [2.05, 4.69) is 5.10 Å². The summed E-state index contributed by atoms with van der Waals surface area (Å²) in [5.41, 5.74) is 0.997. The van der Waals surface area contributed by atoms with Gasteiger partial charge >= 0.3 is 0 Å². The molecule has 0 aliphatic carbocycles. The second-order valence-corrected chi connectivity index (χ2v) is 2.39. The molecular weight excluding hydrogens is 128 g/mol. The molecule has 0 aromatic carbocycles. The van der Waals surface area contributed by atoms with E-state index in [1.165, 1.54) is 0 Å². The number of hydrogen-bond donors (Lipinski definition) is 0. The molecule has 0 N–H and O–H groups in total. The van der Waals surface area contributed by atoms with Crippen LogP contribution in [0.4, 0.5) is 0 Å². The van der Waals surface area contributed by atoms with E-state index in [1.807, 2.05) is 21.0 Å². The number of aldehydes is 1. The van der Waals surface area contributed by atoms with Gasteiger partial charge in [-0.05, 0) is 13.3 Å². The number of hydrazone groups is 1. The minimum absolute atomic E-state index is 0.573. The fraction of sp³-hybridized carbons (Fsp3) is 0.714. The number of rotatable bonds is 4. The SMILES string of the molecule is C/C(CCC=O)=N/N(C)C. The van der Waals surface area contributed by atoms with Gasteiger partial charge in [-0.1, -0.05) is 0 Å². The summed E-state index contributed by atoms with van der Waals surface area (Å²) in [5, 5.41) is 5.84. The molecule has 0 saturated carbocycles. The van der Waals surface area contributed by atoms with Gasteiger partial charge in [0.2, 0.25) is 0 Å². The van der Waals surface area contributed by atoms with E-state index >= 15 is 0 Å². The molecule has 0 atom stereocenters. The Morgan fingerprint density at radius 1 is 1.60 bits per heavy atom. The monoisotopic (exact) mass is 142 g/mol. The highest BCUT2D eigenvalue weighted by atomic mass is 16.1. The van der Waals surface area contributed by atoms with Gasteiger partial charge in [0.25, 0.3) is 0 Å². The lowest BCUT2D eigenvalue weighted by Gasteiger charge is -2.05. The third-order valence-corrected chi connectivity index (χ3v) is 0.995. The fourth-order valence-corrected chi connectivity index (χ4v) is 0.659. The molecule has 0 fully saturated rings. The lowest BCUT2D eigenvalue weighted by molar-refractivity contribution is -0.107. The van der Waals surface area contributed by atoms with Crippen molar-refractivity contribution in [3.63, 3.8) is 0 Å². The quantitative estimate of drug-likeness (QED) is 0.332. The molecule has 0 heterocycles. The normalized spacial score (nSPS) is 11.3. The Balaban J connectivity index is 3.59. The molecule has 58 valence electrons. The van der Waals surface area contributed by atoms with Crippen molar-refractivity contribution in [2.75, 3.05) is 14.1 Å². The lowest BCUT2D eigenvalue weighted by atomic mass is 10.2. The summed E-state index contributed by atoms with van der Waals surface area (Å²) in [6.45, 7) is 1.92. The van der Waals surface area contributed by atoms with Gasteiger partial charge in [0.15, 0.2) is 0 Å². The van der Waals surface area contributed by atoms with E-state index in [0.717, 1.165) is 18.4 Å². The van der Waals surface area contributed by atoms with Crippen LogP contribution in [-0.2, 0) is 4.79 Å². The zero-order chi connectivity index (χ0) is 7.98. The summed E-state index contributed by atoms with van der Waals surface area (Å²) in [6.07, 6.45) is 2.25. The molecule has 3 heteroatoms. The van der Waals surface area contributed by atoms with Crippen molar-refractivity contribution in [3.05, 3.63) is 0 Å². The molecule has 0 unspecified atom stereocenters. The third kappa shape index (κ3) is 5.28. The Labute approximate surface area is 61.7 Å². The predicted molar refractivity (Wildman–Crippen MR) is 42.1 cm³/mol. The van der Waals surface area contributed by atoms with E-state index in [4.69, 9.17) is 0 Å². The second-order valence-electron chi connectivity index (χ2n) is 2.39. The molecule has 0 saturated heterocycles. The van der Waals surface area contributed by atoms with Crippen LogP contribution >= 0.6 is 0 Å². The first-order valence-corrected chi connectivity index (χ1v) is 3.32. The van der Waals surface area contributed by atoms with Crippen molar-refractivity contribution >= 4 is 12.0 Å². The number of hydrogen-bond acceptors (Lipinski definition) is 3. The van der Waals surface area contributed by atoms with Gasteiger partial charge in [0.05, 0.1) is 0 Å². The Morgan fingerprint density at radius 2 is 2.20 bits per heavy atom. The summed E-state index contributed by atoms with van der Waals surface area (Å²) in [6, 6.07) is 0. The first kappa shape index (κ1) is 9.14. The zero-order valence-electron chi connectivity index (χ0n) is 6.79. The smallest absolute Gasteiger partial charge is 0.120 e. The Hall–Kier alpha value is -0.860. The van der Waals surface area contributed by atoms with Crippen LogP contribution in [0, 0.1) is 0 Å². The minimum atomic E-state index is 0.573. The van der Waals surface area contributed by atoms with Crippen LogP contribution in [0.1, 0.15) is 19.8 Å². The summed E-state index contributed by atoms with van der Waals surface area (Å²) in [5.74, 6) is 0. The van der Waals surface area contributed by atoms with E-state index < -0.39 is 0 Å². The zero-order valence-corrected chi connectivity index (χ0v) is 6.79. The van der Waals surface area contributed by atoms with Crippen LogP contribution in [0.5, 0.6) is 0 Å². The van der Waals surface area contributed by atoms with Crippen LogP contribution in [-0.4, -0.2) is 31.1 Å². The molecule has 3 nitrogen and oxygen atoms in total. The van der Waals surface area contributed by atoms with Crippen molar-refractivity contribution in [1.29, 1.82) is 0 Å². The van der Waals surface area contributed by atoms with Crippen molar-refractivity contribution < 1.29 is 4.79 Å². The maximum atomic E-state index is 9.93. The van der Waals surface area contributed by atoms with E-state index in [0.29, 0.717) is 6.42 Å². The molecule has 0 aromatic heterocycles. The number of carbonyl (C=O) groups excluding carboxylic acids is 1. The lowest BCUT2D eigenvalue weighted by Crippen LogP contribution is -2.06. The van der Waals surface area contributed by atoms with Gasteiger partial charge in [-0.25, -0.2) is 0 Å². The Morgan fingerprint density at radius 3 is 2.60 bits per heavy atom. The average Bonchev–Trinajstić information content (AvgIpc) is 1.82. The van der Waals surface area contributed by atoms with Crippen molar-refractivity contribution in [2.45, 2.75) is 19.8 Å². The molecule has 10 heavy (non-hydrogen) atoms. The van der Waals surface area contributed by atoms with Crippen LogP contribution < -0.4 is 0 Å². The first-order chi connectivity index (χ1) is 4.66. The summed E-state index contributed by atoms with van der Waals surface area (Å²) in [4.78, 5) is 9.93. The van der Waals surface area contributed by atoms with Crippen molar-refractivity contribution in [1.82, 2.24) is 5.01 Å². The van der Waals surface area contributed by atoms with Crippen LogP contribution in [0.25, 0.3) is 0 Å². The standard InChI is InChI=1S/C7H14N2O/c1-7(5-4-6-10)8-9(2)3/h6H,4-5H2,1-3H3/b8-7-. The van der Waals surface area contributed by atoms with Gasteiger partial charge in [0.1, 0.15) is 6.29 Å². The Bertz CT molecular complexity index is 130. The van der Waals surface area contributed by atoms with Gasteiger partial charge in [-0.2, -0.15) is 5.10 Å². The van der Waals surface area contributed by atoms with Gasteiger partial charge in [-0.3, -0.25) is 0 Å². The molecular formula is C7H14N2O. The van der Waals surface area contributed by atoms with Crippen LogP contribution in [0.15, 0.2) is 5.10 Å². The maximum absolute atomic E-state index is 9.93. The molecule has 0 aromatic rings. The minimum Gasteiger partial charge on any atom is -0.303 e. The number of nitrogens with zero attached hydrogens (tertiary/aromatic N) is 2. The second kappa shape index (κ2) is 4.97. The molecule has 0 bridgehead atoms. The molecule has 0 radical (unpaired) electrons. The summed E-state index contributed by atoms with van der Waals surface area (Å²) >= 11 is 0. The molecule has 0 amide bonds. The van der Waals surface area contributed by atoms with Gasteiger partial charge in [-0.15, -0.1) is 0 Å². The highest BCUT2D eigenvalue weighted by Crippen LogP contribution is 1.90. The predicted octanol–water partition coefficient (Wildman–Crippen LogP) is 0.903. The summed E-state index contributed by atoms with van der Waals surface area (Å²) in [7, 11) is 3.73. The van der Waals surface area contributed by atoms with Crippen molar-refractivity contribution in [3.8, 4) is 0 Å². The van der Waals surface area contributed by atoms with E-state index in [-0.39, 0.29) is 0 Å². The molecule has 0 aliphatic heterocycles. The largest absolute Gasteiger partial charge is 0.303 e. The van der Waals surface area contributed by atoms with E-state index in [9.17, 15) is 4.79 Å². The summed E-state index contributed by atoms with van der Waals surface area (Å²) < 4.78 is 0. The van der Waals surface area contributed by atoms with Crippen LogP contribution in [0.3, 0.4) is 0 Å². The average molecular weight is 142 g/mol. The van der Waals surface area contributed by atoms with Gasteiger partial charge in [0, 0.05) is 26.2 Å². The highest BCUT2D eigenvalue weighted by molar-refractivity contribution is 5.83. The Kier molecular flexibility index (Phi) is 4.54. The molecule has 0 spiro atoms. The van der Waals surface area contributed by atoms with Crippen LogP contribution in [0.2, 0.25) is 0 Å². The van der Waals surface area contributed by atoms with Gasteiger partial charge < -0.3 is 9.80 Å². The topological polar surface area (TPSA) is 32.7 Å². The van der Waals surface area contributed by atoms with Crippen molar-refractivity contribution in [2.24, 2.45) is 5.10 Å². The number of carbonyl (C=O) groups is 1. The fourth-order valence-electron chi connectivity index (χ4n) is 0.659. The van der Waals surface area contributed by atoms with E-state index in [1.54, 1.807) is 5.01 Å². The first-order valence-electron chi connectivity index (χ1n) is 3.32. The molecule has 0 aliphatic rings.